The van der Waals surface area contributed by atoms with E-state index in [1.165, 1.54) is 5.56 Å². The quantitative estimate of drug-likeness (QED) is 0.805. The van der Waals surface area contributed by atoms with E-state index in [-0.39, 0.29) is 12.6 Å². The third kappa shape index (κ3) is 5.50. The molecule has 2 N–H and O–H groups in total. The molecule has 3 nitrogen and oxygen atoms in total. The van der Waals surface area contributed by atoms with Crippen molar-refractivity contribution in [3.8, 4) is 5.75 Å². The molecule has 0 spiro atoms. The second-order valence-electron chi connectivity index (χ2n) is 4.99. The normalized spacial score (nSPS) is 13.7. The van der Waals surface area contributed by atoms with Crippen molar-refractivity contribution >= 4 is 15.9 Å². The van der Waals surface area contributed by atoms with Gasteiger partial charge in [-0.3, -0.25) is 0 Å². The van der Waals surface area contributed by atoms with E-state index in [0.29, 0.717) is 0 Å². The van der Waals surface area contributed by atoms with Crippen molar-refractivity contribution in [2.75, 3.05) is 6.61 Å². The predicted molar refractivity (Wildman–Crippen MR) is 88.4 cm³/mol. The summed E-state index contributed by atoms with van der Waals surface area (Å²) >= 11 is 3.38. The number of aliphatic hydroxyl groups is 1. The fourth-order valence-electron chi connectivity index (χ4n) is 1.87. The van der Waals surface area contributed by atoms with E-state index in [1.807, 2.05) is 49.4 Å². The van der Waals surface area contributed by atoms with Crippen LogP contribution in [0.4, 0.5) is 0 Å². The smallest absolute Gasteiger partial charge is 0.119 e. The molecule has 2 rings (SSSR count). The summed E-state index contributed by atoms with van der Waals surface area (Å²) in [7, 11) is 0. The number of hydrogen-bond acceptors (Lipinski definition) is 3. The second kappa shape index (κ2) is 8.17. The van der Waals surface area contributed by atoms with E-state index < -0.39 is 6.10 Å². The van der Waals surface area contributed by atoms with Gasteiger partial charge in [0, 0.05) is 17.1 Å². The SMILES string of the molecule is C[C@H](NCc1ccccc1)[C@H](O)COc1ccc(Br)cc1. The first-order chi connectivity index (χ1) is 10.1. The Bertz CT molecular complexity index is 530. The molecule has 0 saturated carbocycles. The molecule has 4 heteroatoms. The molecule has 0 heterocycles. The first kappa shape index (κ1) is 16.0. The first-order valence-electron chi connectivity index (χ1n) is 6.99. The van der Waals surface area contributed by atoms with Crippen LogP contribution in [0.3, 0.4) is 0 Å². The molecule has 0 fully saturated rings. The molecule has 0 aliphatic carbocycles. The number of ether oxygens (including phenoxy) is 1. The predicted octanol–water partition coefficient (Wildman–Crippen LogP) is 3.37. The molecule has 0 aliphatic rings. The maximum absolute atomic E-state index is 10.1. The Morgan fingerprint density at radius 1 is 1.10 bits per heavy atom. The van der Waals surface area contributed by atoms with E-state index >= 15 is 0 Å². The van der Waals surface area contributed by atoms with Crippen LogP contribution in [0.5, 0.6) is 5.75 Å². The largest absolute Gasteiger partial charge is 0.491 e. The summed E-state index contributed by atoms with van der Waals surface area (Å²) in [5.74, 6) is 0.757. The Morgan fingerprint density at radius 3 is 2.43 bits per heavy atom. The van der Waals surface area contributed by atoms with Crippen LogP contribution in [0.15, 0.2) is 59.1 Å². The van der Waals surface area contributed by atoms with E-state index in [4.69, 9.17) is 4.74 Å². The fourth-order valence-corrected chi connectivity index (χ4v) is 2.13. The molecule has 21 heavy (non-hydrogen) atoms. The zero-order valence-electron chi connectivity index (χ0n) is 12.0. The minimum atomic E-state index is -0.558. The average molecular weight is 350 g/mol. The fraction of sp³-hybridized carbons (Fsp3) is 0.294. The van der Waals surface area contributed by atoms with Crippen molar-refractivity contribution in [2.45, 2.75) is 25.6 Å². The van der Waals surface area contributed by atoms with Gasteiger partial charge in [-0.1, -0.05) is 46.3 Å². The summed E-state index contributed by atoms with van der Waals surface area (Å²) in [5, 5.41) is 13.4. The van der Waals surface area contributed by atoms with E-state index in [9.17, 15) is 5.11 Å². The van der Waals surface area contributed by atoms with Crippen molar-refractivity contribution < 1.29 is 9.84 Å². The highest BCUT2D eigenvalue weighted by molar-refractivity contribution is 9.10. The highest BCUT2D eigenvalue weighted by atomic mass is 79.9. The van der Waals surface area contributed by atoms with Crippen LogP contribution < -0.4 is 10.1 Å². The molecule has 0 aliphatic heterocycles. The minimum Gasteiger partial charge on any atom is -0.491 e. The molecule has 0 radical (unpaired) electrons. The third-order valence-electron chi connectivity index (χ3n) is 3.28. The Labute approximate surface area is 134 Å². The lowest BCUT2D eigenvalue weighted by Crippen LogP contribution is -2.40. The molecule has 2 atom stereocenters. The lowest BCUT2D eigenvalue weighted by Gasteiger charge is -2.20. The van der Waals surface area contributed by atoms with E-state index in [0.717, 1.165) is 16.8 Å². The molecular weight excluding hydrogens is 330 g/mol. The Hall–Kier alpha value is -1.36. The van der Waals surface area contributed by atoms with Crippen molar-refractivity contribution in [3.05, 3.63) is 64.6 Å². The Balaban J connectivity index is 1.74. The van der Waals surface area contributed by atoms with Crippen LogP contribution in [-0.4, -0.2) is 23.9 Å². The summed E-state index contributed by atoms with van der Waals surface area (Å²) in [6.45, 7) is 2.96. The summed E-state index contributed by atoms with van der Waals surface area (Å²) in [6, 6.07) is 17.7. The number of rotatable bonds is 7. The third-order valence-corrected chi connectivity index (χ3v) is 3.81. The van der Waals surface area contributed by atoms with Gasteiger partial charge in [-0.15, -0.1) is 0 Å². The van der Waals surface area contributed by atoms with Crippen LogP contribution >= 0.6 is 15.9 Å². The standard InChI is InChI=1S/C17H20BrNO2/c1-13(19-11-14-5-3-2-4-6-14)17(20)12-21-16-9-7-15(18)8-10-16/h2-10,13,17,19-20H,11-12H2,1H3/t13-,17+/m0/s1. The number of hydrogen-bond donors (Lipinski definition) is 2. The van der Waals surface area contributed by atoms with Gasteiger partial charge in [-0.2, -0.15) is 0 Å². The van der Waals surface area contributed by atoms with Gasteiger partial charge in [0.05, 0.1) is 0 Å². The molecular formula is C17H20BrNO2. The van der Waals surface area contributed by atoms with Gasteiger partial charge < -0.3 is 15.2 Å². The molecule has 0 saturated heterocycles. The van der Waals surface area contributed by atoms with E-state index in [1.54, 1.807) is 0 Å². The summed E-state index contributed by atoms with van der Waals surface area (Å²) < 4.78 is 6.59. The highest BCUT2D eigenvalue weighted by Crippen LogP contribution is 2.16. The molecule has 0 bridgehead atoms. The Kier molecular flexibility index (Phi) is 6.23. The second-order valence-corrected chi connectivity index (χ2v) is 5.90. The van der Waals surface area contributed by atoms with Gasteiger partial charge in [0.15, 0.2) is 0 Å². The zero-order valence-corrected chi connectivity index (χ0v) is 13.6. The summed E-state index contributed by atoms with van der Waals surface area (Å²) in [4.78, 5) is 0. The van der Waals surface area contributed by atoms with E-state index in [2.05, 4.69) is 33.4 Å². The maximum atomic E-state index is 10.1. The van der Waals surface area contributed by atoms with Gasteiger partial charge >= 0.3 is 0 Å². The number of nitrogens with one attached hydrogen (secondary N) is 1. The Morgan fingerprint density at radius 2 is 1.76 bits per heavy atom. The molecule has 2 aromatic carbocycles. The lowest BCUT2D eigenvalue weighted by molar-refractivity contribution is 0.0780. The van der Waals surface area contributed by atoms with Crippen LogP contribution in [0, 0.1) is 0 Å². The van der Waals surface area contributed by atoms with Gasteiger partial charge in [0.1, 0.15) is 18.5 Å². The first-order valence-corrected chi connectivity index (χ1v) is 7.78. The zero-order chi connectivity index (χ0) is 15.1. The topological polar surface area (TPSA) is 41.5 Å². The van der Waals surface area contributed by atoms with Gasteiger partial charge in [0.25, 0.3) is 0 Å². The number of benzene rings is 2. The maximum Gasteiger partial charge on any atom is 0.119 e. The van der Waals surface area contributed by atoms with Gasteiger partial charge in [0.2, 0.25) is 0 Å². The van der Waals surface area contributed by atoms with Gasteiger partial charge in [-0.05, 0) is 36.8 Å². The van der Waals surface area contributed by atoms with Crippen LogP contribution in [0.2, 0.25) is 0 Å². The average Bonchev–Trinajstić information content (AvgIpc) is 2.52. The molecule has 0 amide bonds. The lowest BCUT2D eigenvalue weighted by atomic mass is 10.1. The number of halogens is 1. The highest BCUT2D eigenvalue weighted by Gasteiger charge is 2.14. The van der Waals surface area contributed by atoms with Crippen molar-refractivity contribution in [2.24, 2.45) is 0 Å². The van der Waals surface area contributed by atoms with Gasteiger partial charge in [-0.25, -0.2) is 0 Å². The summed E-state index contributed by atoms with van der Waals surface area (Å²) in [5.41, 5.74) is 1.20. The number of aliphatic hydroxyl groups excluding tert-OH is 1. The van der Waals surface area contributed by atoms with Crippen molar-refractivity contribution in [1.82, 2.24) is 5.32 Å². The monoisotopic (exact) mass is 349 g/mol. The minimum absolute atomic E-state index is 0.0411. The van der Waals surface area contributed by atoms with Crippen LogP contribution in [0.25, 0.3) is 0 Å². The molecule has 2 aromatic rings. The van der Waals surface area contributed by atoms with Crippen LogP contribution in [-0.2, 0) is 6.54 Å². The van der Waals surface area contributed by atoms with Crippen molar-refractivity contribution in [3.63, 3.8) is 0 Å². The van der Waals surface area contributed by atoms with Crippen LogP contribution in [0.1, 0.15) is 12.5 Å². The molecule has 0 unspecified atom stereocenters. The van der Waals surface area contributed by atoms with Crippen molar-refractivity contribution in [1.29, 1.82) is 0 Å². The molecule has 0 aromatic heterocycles. The molecule has 112 valence electrons. The summed E-state index contributed by atoms with van der Waals surface area (Å²) in [6.07, 6.45) is -0.558.